The first-order valence-electron chi connectivity index (χ1n) is 9.16. The fraction of sp³-hybridized carbons (Fsp3) is 0.524. The van der Waals surface area contributed by atoms with Crippen LogP contribution >= 0.6 is 11.6 Å². The predicted molar refractivity (Wildman–Crippen MR) is 97.1 cm³/mol. The summed E-state index contributed by atoms with van der Waals surface area (Å²) < 4.78 is 5.24. The molecule has 5 rings (SSSR count). The number of carbonyl (C=O) groups is 2. The van der Waals surface area contributed by atoms with E-state index in [-0.39, 0.29) is 17.8 Å². The van der Waals surface area contributed by atoms with E-state index in [1.807, 2.05) is 12.1 Å². The van der Waals surface area contributed by atoms with Gasteiger partial charge < -0.3 is 4.74 Å². The van der Waals surface area contributed by atoms with Crippen molar-refractivity contribution >= 4 is 29.4 Å². The Bertz CT molecular complexity index is 686. The number of ether oxygens (including phenoxy) is 1. The summed E-state index contributed by atoms with van der Waals surface area (Å²) in [7, 11) is 0. The molecule has 0 unspecified atom stereocenters. The Balaban J connectivity index is 1.33. The van der Waals surface area contributed by atoms with Gasteiger partial charge in [-0.05, 0) is 80.1 Å². The first-order chi connectivity index (χ1) is 12.0. The van der Waals surface area contributed by atoms with Gasteiger partial charge >= 0.3 is 5.97 Å². The summed E-state index contributed by atoms with van der Waals surface area (Å²) in [5, 5.41) is 0.618. The number of hydrogen-bond donors (Lipinski definition) is 0. The second-order valence-corrected chi connectivity index (χ2v) is 8.55. The van der Waals surface area contributed by atoms with E-state index in [1.165, 1.54) is 25.3 Å². The zero-order valence-corrected chi connectivity index (χ0v) is 15.0. The monoisotopic (exact) mass is 358 g/mol. The van der Waals surface area contributed by atoms with E-state index in [0.717, 1.165) is 24.8 Å². The number of carbonyl (C=O) groups excluding carboxylic acids is 2. The van der Waals surface area contributed by atoms with Gasteiger partial charge in [-0.2, -0.15) is 0 Å². The summed E-state index contributed by atoms with van der Waals surface area (Å²) in [4.78, 5) is 24.7. The van der Waals surface area contributed by atoms with Crippen molar-refractivity contribution in [3.05, 3.63) is 40.9 Å². The molecule has 0 amide bonds. The number of halogens is 1. The molecule has 0 aromatic heterocycles. The second-order valence-electron chi connectivity index (χ2n) is 8.12. The molecule has 0 radical (unpaired) electrons. The van der Waals surface area contributed by atoms with Gasteiger partial charge in [0.05, 0.1) is 0 Å². The van der Waals surface area contributed by atoms with Gasteiger partial charge in [0.25, 0.3) is 0 Å². The van der Waals surface area contributed by atoms with Crippen LogP contribution in [0.5, 0.6) is 0 Å². The molecule has 4 saturated carbocycles. The van der Waals surface area contributed by atoms with Crippen molar-refractivity contribution in [2.45, 2.75) is 38.5 Å². The molecule has 0 N–H and O–H groups in total. The van der Waals surface area contributed by atoms with Crippen molar-refractivity contribution in [2.75, 3.05) is 6.61 Å². The van der Waals surface area contributed by atoms with Gasteiger partial charge in [0.1, 0.15) is 0 Å². The molecule has 4 fully saturated rings. The fourth-order valence-corrected chi connectivity index (χ4v) is 5.76. The summed E-state index contributed by atoms with van der Waals surface area (Å²) in [5.74, 6) is 1.81. The molecule has 0 heterocycles. The third-order valence-corrected chi connectivity index (χ3v) is 6.47. The third-order valence-electron chi connectivity index (χ3n) is 6.24. The Morgan fingerprint density at radius 2 is 1.76 bits per heavy atom. The minimum atomic E-state index is -0.474. The van der Waals surface area contributed by atoms with E-state index >= 15 is 0 Å². The van der Waals surface area contributed by atoms with Gasteiger partial charge in [-0.15, -0.1) is 0 Å². The van der Waals surface area contributed by atoms with Crippen LogP contribution < -0.4 is 0 Å². The first-order valence-corrected chi connectivity index (χ1v) is 9.54. The summed E-state index contributed by atoms with van der Waals surface area (Å²) >= 11 is 5.92. The van der Waals surface area contributed by atoms with Crippen molar-refractivity contribution < 1.29 is 14.3 Å². The van der Waals surface area contributed by atoms with Crippen molar-refractivity contribution in [2.24, 2.45) is 23.2 Å². The smallest absolute Gasteiger partial charge is 0.331 e. The molecule has 0 saturated heterocycles. The molecule has 0 atom stereocenters. The van der Waals surface area contributed by atoms with Gasteiger partial charge in [-0.3, -0.25) is 4.79 Å². The lowest BCUT2D eigenvalue weighted by atomic mass is 9.48. The second kappa shape index (κ2) is 6.60. The molecule has 3 nitrogen and oxygen atoms in total. The Labute approximate surface area is 153 Å². The first kappa shape index (κ1) is 16.8. The van der Waals surface area contributed by atoms with E-state index in [1.54, 1.807) is 18.2 Å². The molecule has 4 bridgehead atoms. The molecular formula is C21H23ClO3. The minimum Gasteiger partial charge on any atom is -0.455 e. The number of esters is 1. The van der Waals surface area contributed by atoms with Gasteiger partial charge in [-0.1, -0.05) is 23.7 Å². The number of rotatable bonds is 5. The van der Waals surface area contributed by atoms with E-state index in [0.29, 0.717) is 22.8 Å². The maximum Gasteiger partial charge on any atom is 0.331 e. The average molecular weight is 359 g/mol. The highest BCUT2D eigenvalue weighted by Crippen LogP contribution is 2.60. The maximum absolute atomic E-state index is 12.8. The van der Waals surface area contributed by atoms with Gasteiger partial charge in [0.15, 0.2) is 12.4 Å². The van der Waals surface area contributed by atoms with Crippen LogP contribution in [0.15, 0.2) is 30.3 Å². The average Bonchev–Trinajstić information content (AvgIpc) is 2.56. The highest BCUT2D eigenvalue weighted by atomic mass is 35.5. The quantitative estimate of drug-likeness (QED) is 0.567. The number of Topliss-reactive ketones (excluding diaryl/α,β-unsaturated/α-hetero) is 1. The lowest BCUT2D eigenvalue weighted by molar-refractivity contribution is -0.155. The minimum absolute atomic E-state index is 0.0924. The molecule has 1 aromatic carbocycles. The molecule has 4 aliphatic rings. The van der Waals surface area contributed by atoms with Crippen LogP contribution in [0.2, 0.25) is 5.02 Å². The normalized spacial score (nSPS) is 32.9. The summed E-state index contributed by atoms with van der Waals surface area (Å²) in [6, 6.07) is 7.23. The molecular weight excluding hydrogens is 336 g/mol. The van der Waals surface area contributed by atoms with Crippen LogP contribution in [0.4, 0.5) is 0 Å². The van der Waals surface area contributed by atoms with E-state index in [2.05, 4.69) is 0 Å². The predicted octanol–water partition coefficient (Wildman–Crippen LogP) is 4.68. The molecule has 4 heteroatoms. The zero-order valence-electron chi connectivity index (χ0n) is 14.2. The summed E-state index contributed by atoms with van der Waals surface area (Å²) in [6.45, 7) is -0.0924. The summed E-state index contributed by atoms with van der Waals surface area (Å²) in [5.41, 5.74) is 0.628. The van der Waals surface area contributed by atoms with Crippen molar-refractivity contribution in [1.29, 1.82) is 0 Å². The highest BCUT2D eigenvalue weighted by molar-refractivity contribution is 6.30. The lowest BCUT2D eigenvalue weighted by Crippen LogP contribution is -2.51. The molecule has 4 aliphatic carbocycles. The third kappa shape index (κ3) is 3.52. The lowest BCUT2D eigenvalue weighted by Gasteiger charge is -2.55. The number of benzene rings is 1. The van der Waals surface area contributed by atoms with Crippen LogP contribution in [0, 0.1) is 23.2 Å². The van der Waals surface area contributed by atoms with Crippen LogP contribution in [-0.4, -0.2) is 18.4 Å². The molecule has 132 valence electrons. The standard InChI is InChI=1S/C21H23ClO3/c22-18-3-1-2-14(9-18)4-5-20(24)25-13-19(23)21-10-15-6-16(11-21)8-17(7-15)12-21/h1-5,9,15-17H,6-8,10-13H2. The maximum atomic E-state index is 12.8. The van der Waals surface area contributed by atoms with Crippen molar-refractivity contribution in [3.63, 3.8) is 0 Å². The molecule has 25 heavy (non-hydrogen) atoms. The number of ketones is 1. The van der Waals surface area contributed by atoms with E-state index in [9.17, 15) is 9.59 Å². The van der Waals surface area contributed by atoms with Gasteiger partial charge in [-0.25, -0.2) is 4.79 Å². The Kier molecular flexibility index (Phi) is 4.45. The number of hydrogen-bond acceptors (Lipinski definition) is 3. The van der Waals surface area contributed by atoms with Gasteiger partial charge in [0, 0.05) is 16.5 Å². The molecule has 0 aliphatic heterocycles. The Morgan fingerprint density at radius 1 is 1.12 bits per heavy atom. The van der Waals surface area contributed by atoms with Crippen LogP contribution in [0.1, 0.15) is 44.1 Å². The fourth-order valence-electron chi connectivity index (χ4n) is 5.56. The van der Waals surface area contributed by atoms with E-state index in [4.69, 9.17) is 16.3 Å². The zero-order chi connectivity index (χ0) is 17.4. The van der Waals surface area contributed by atoms with Crippen molar-refractivity contribution in [1.82, 2.24) is 0 Å². The largest absolute Gasteiger partial charge is 0.455 e. The van der Waals surface area contributed by atoms with Crippen LogP contribution in [-0.2, 0) is 14.3 Å². The van der Waals surface area contributed by atoms with E-state index < -0.39 is 5.97 Å². The van der Waals surface area contributed by atoms with Crippen LogP contribution in [0.3, 0.4) is 0 Å². The highest BCUT2D eigenvalue weighted by Gasteiger charge is 2.54. The SMILES string of the molecule is O=C(C=Cc1cccc(Cl)c1)OCC(=O)C12CC3CC(CC(C3)C1)C2. The van der Waals surface area contributed by atoms with Gasteiger partial charge in [0.2, 0.25) is 0 Å². The Morgan fingerprint density at radius 3 is 2.36 bits per heavy atom. The molecule has 0 spiro atoms. The summed E-state index contributed by atoms with van der Waals surface area (Å²) in [6.07, 6.45) is 9.94. The topological polar surface area (TPSA) is 43.4 Å². The molecule has 1 aromatic rings. The van der Waals surface area contributed by atoms with Crippen molar-refractivity contribution in [3.8, 4) is 0 Å². The Hall–Kier alpha value is -1.61. The van der Waals surface area contributed by atoms with Crippen LogP contribution in [0.25, 0.3) is 6.08 Å².